The van der Waals surface area contributed by atoms with Gasteiger partial charge in [-0.05, 0) is 17.7 Å². The van der Waals surface area contributed by atoms with Gasteiger partial charge in [0.25, 0.3) is 0 Å². The summed E-state index contributed by atoms with van der Waals surface area (Å²) in [5.41, 5.74) is 1.61. The highest BCUT2D eigenvalue weighted by Crippen LogP contribution is 2.39. The van der Waals surface area contributed by atoms with E-state index in [4.69, 9.17) is 25.8 Å². The van der Waals surface area contributed by atoms with Gasteiger partial charge in [-0.2, -0.15) is 0 Å². The van der Waals surface area contributed by atoms with Crippen LogP contribution in [0.5, 0.6) is 0 Å². The summed E-state index contributed by atoms with van der Waals surface area (Å²) >= 11 is 5.90. The van der Waals surface area contributed by atoms with Crippen LogP contribution in [0.3, 0.4) is 0 Å². The van der Waals surface area contributed by atoms with Gasteiger partial charge >= 0.3 is 0 Å². The molecule has 4 rings (SSSR count). The second-order valence-corrected chi connectivity index (χ2v) is 6.74. The highest BCUT2D eigenvalue weighted by atomic mass is 35.5. The van der Waals surface area contributed by atoms with E-state index in [-0.39, 0.29) is 6.61 Å². The van der Waals surface area contributed by atoms with Crippen molar-refractivity contribution in [3.63, 3.8) is 0 Å². The average Bonchev–Trinajstić information content (AvgIpc) is 2.66. The van der Waals surface area contributed by atoms with Crippen LogP contribution >= 0.6 is 11.6 Å². The molecule has 0 spiro atoms. The van der Waals surface area contributed by atoms with E-state index in [0.717, 1.165) is 11.1 Å². The molecule has 2 heterocycles. The molecule has 2 aromatic rings. The van der Waals surface area contributed by atoms with Crippen molar-refractivity contribution in [2.24, 2.45) is 0 Å². The standard InChI is InChI=1S/C19H19ClO5/c20-13-8-6-12(7-9-13)19-23-10-14-18(25-19)16(22)15(21)17(24-14)11-4-2-1-3-5-11/h1-9,14-19,21-22H,10H2/t14-,15-,16-,17+,18-,19?/m1/s1. The van der Waals surface area contributed by atoms with Gasteiger partial charge in [-0.15, -0.1) is 0 Å². The zero-order valence-electron chi connectivity index (χ0n) is 13.4. The highest BCUT2D eigenvalue weighted by Gasteiger charge is 2.49. The summed E-state index contributed by atoms with van der Waals surface area (Å²) in [6.45, 7) is 0.269. The Bertz CT molecular complexity index is 706. The molecule has 2 saturated heterocycles. The quantitative estimate of drug-likeness (QED) is 0.859. The van der Waals surface area contributed by atoms with Crippen molar-refractivity contribution in [1.82, 2.24) is 0 Å². The molecule has 0 saturated carbocycles. The molecule has 0 aliphatic carbocycles. The monoisotopic (exact) mass is 362 g/mol. The molecule has 6 heteroatoms. The van der Waals surface area contributed by atoms with Crippen molar-refractivity contribution in [2.75, 3.05) is 6.61 Å². The predicted molar refractivity (Wildman–Crippen MR) is 91.1 cm³/mol. The van der Waals surface area contributed by atoms with E-state index in [1.54, 1.807) is 12.1 Å². The topological polar surface area (TPSA) is 68.2 Å². The molecule has 25 heavy (non-hydrogen) atoms. The third-order valence-electron chi connectivity index (χ3n) is 4.65. The number of ether oxygens (including phenoxy) is 3. The lowest BCUT2D eigenvalue weighted by atomic mass is 9.90. The lowest BCUT2D eigenvalue weighted by molar-refractivity contribution is -0.330. The minimum atomic E-state index is -1.08. The van der Waals surface area contributed by atoms with Crippen molar-refractivity contribution in [3.8, 4) is 0 Å². The van der Waals surface area contributed by atoms with Crippen LogP contribution in [0.25, 0.3) is 0 Å². The zero-order valence-corrected chi connectivity index (χ0v) is 14.1. The van der Waals surface area contributed by atoms with E-state index < -0.39 is 36.8 Å². The van der Waals surface area contributed by atoms with Gasteiger partial charge in [0.2, 0.25) is 0 Å². The second-order valence-electron chi connectivity index (χ2n) is 6.30. The van der Waals surface area contributed by atoms with Gasteiger partial charge in [0, 0.05) is 10.6 Å². The highest BCUT2D eigenvalue weighted by molar-refractivity contribution is 6.30. The largest absolute Gasteiger partial charge is 0.387 e. The van der Waals surface area contributed by atoms with Crippen LogP contribution in [-0.2, 0) is 14.2 Å². The van der Waals surface area contributed by atoms with Crippen LogP contribution in [0.1, 0.15) is 23.5 Å². The fourth-order valence-electron chi connectivity index (χ4n) is 3.32. The number of hydrogen-bond donors (Lipinski definition) is 2. The SMILES string of the molecule is O[C@@H]1[C@@H](O)[C@H](c2ccccc2)O[C@@H]2COC(c3ccc(Cl)cc3)O[C@@H]12. The van der Waals surface area contributed by atoms with Gasteiger partial charge in [0.1, 0.15) is 30.5 Å². The van der Waals surface area contributed by atoms with E-state index in [9.17, 15) is 10.2 Å². The summed E-state index contributed by atoms with van der Waals surface area (Å²) in [7, 11) is 0. The molecular weight excluding hydrogens is 344 g/mol. The predicted octanol–water partition coefficient (Wildman–Crippen LogP) is 2.62. The Hall–Kier alpha value is -1.47. The van der Waals surface area contributed by atoms with Gasteiger partial charge in [-0.1, -0.05) is 54.1 Å². The first-order valence-electron chi connectivity index (χ1n) is 8.22. The lowest BCUT2D eigenvalue weighted by Gasteiger charge is -2.46. The minimum absolute atomic E-state index is 0.269. The van der Waals surface area contributed by atoms with E-state index >= 15 is 0 Å². The first-order valence-corrected chi connectivity index (χ1v) is 8.60. The Morgan fingerprint density at radius 3 is 2.28 bits per heavy atom. The van der Waals surface area contributed by atoms with Gasteiger partial charge in [0.05, 0.1) is 6.61 Å². The number of hydrogen-bond acceptors (Lipinski definition) is 5. The summed E-state index contributed by atoms with van der Waals surface area (Å²) in [6.07, 6.45) is -4.50. The number of halogens is 1. The number of benzene rings is 2. The van der Waals surface area contributed by atoms with Crippen LogP contribution in [0.4, 0.5) is 0 Å². The van der Waals surface area contributed by atoms with Crippen LogP contribution < -0.4 is 0 Å². The first kappa shape index (κ1) is 17.0. The third-order valence-corrected chi connectivity index (χ3v) is 4.90. The Morgan fingerprint density at radius 2 is 1.56 bits per heavy atom. The molecule has 2 fully saturated rings. The zero-order chi connectivity index (χ0) is 17.4. The third kappa shape index (κ3) is 3.31. The van der Waals surface area contributed by atoms with Gasteiger partial charge < -0.3 is 24.4 Å². The lowest BCUT2D eigenvalue weighted by Crippen LogP contribution is -2.59. The Labute approximate surface area is 150 Å². The Kier molecular flexibility index (Phi) is 4.78. The first-order chi connectivity index (χ1) is 12.1. The van der Waals surface area contributed by atoms with Crippen LogP contribution in [0, 0.1) is 0 Å². The van der Waals surface area contributed by atoms with Crippen molar-refractivity contribution in [1.29, 1.82) is 0 Å². The molecule has 2 aromatic carbocycles. The van der Waals surface area contributed by atoms with Crippen LogP contribution in [0.2, 0.25) is 5.02 Å². The van der Waals surface area contributed by atoms with E-state index in [1.165, 1.54) is 0 Å². The molecule has 2 aliphatic rings. The Balaban J connectivity index is 1.52. The molecule has 132 valence electrons. The fraction of sp³-hybridized carbons (Fsp3) is 0.368. The number of fused-ring (bicyclic) bond motifs is 1. The fourth-order valence-corrected chi connectivity index (χ4v) is 3.45. The second kappa shape index (κ2) is 7.03. The molecule has 0 aromatic heterocycles. The van der Waals surface area contributed by atoms with E-state index in [0.29, 0.717) is 5.02 Å². The minimum Gasteiger partial charge on any atom is -0.387 e. The van der Waals surface area contributed by atoms with Crippen molar-refractivity contribution in [2.45, 2.75) is 36.8 Å². The number of aliphatic hydroxyl groups excluding tert-OH is 2. The van der Waals surface area contributed by atoms with Gasteiger partial charge in [-0.3, -0.25) is 0 Å². The van der Waals surface area contributed by atoms with Crippen molar-refractivity contribution < 1.29 is 24.4 Å². The molecule has 2 N–H and O–H groups in total. The molecule has 0 amide bonds. The van der Waals surface area contributed by atoms with Crippen LogP contribution in [0.15, 0.2) is 54.6 Å². The summed E-state index contributed by atoms with van der Waals surface area (Å²) in [5, 5.41) is 21.7. The summed E-state index contributed by atoms with van der Waals surface area (Å²) in [4.78, 5) is 0. The smallest absolute Gasteiger partial charge is 0.184 e. The van der Waals surface area contributed by atoms with Crippen molar-refractivity contribution in [3.05, 3.63) is 70.7 Å². The number of rotatable bonds is 2. The van der Waals surface area contributed by atoms with Gasteiger partial charge in [-0.25, -0.2) is 0 Å². The average molecular weight is 363 g/mol. The van der Waals surface area contributed by atoms with E-state index in [1.807, 2.05) is 42.5 Å². The molecule has 6 atom stereocenters. The molecule has 0 bridgehead atoms. The molecule has 0 radical (unpaired) electrons. The molecule has 5 nitrogen and oxygen atoms in total. The molecular formula is C19H19ClO5. The molecule has 2 aliphatic heterocycles. The van der Waals surface area contributed by atoms with E-state index in [2.05, 4.69) is 0 Å². The summed E-state index contributed by atoms with van der Waals surface area (Å²) in [6, 6.07) is 16.5. The maximum Gasteiger partial charge on any atom is 0.184 e. The summed E-state index contributed by atoms with van der Waals surface area (Å²) in [5.74, 6) is 0. The normalized spacial score (nSPS) is 35.2. The maximum atomic E-state index is 10.6. The molecule has 1 unspecified atom stereocenters. The Morgan fingerprint density at radius 1 is 0.840 bits per heavy atom. The maximum absolute atomic E-state index is 10.6. The summed E-state index contributed by atoms with van der Waals surface area (Å²) < 4.78 is 17.6. The number of aliphatic hydroxyl groups is 2. The van der Waals surface area contributed by atoms with Gasteiger partial charge in [0.15, 0.2) is 6.29 Å². The van der Waals surface area contributed by atoms with Crippen molar-refractivity contribution >= 4 is 11.6 Å². The van der Waals surface area contributed by atoms with Crippen LogP contribution in [-0.4, -0.2) is 41.2 Å².